The van der Waals surface area contributed by atoms with Crippen molar-refractivity contribution >= 4 is 0 Å². The van der Waals surface area contributed by atoms with E-state index in [0.29, 0.717) is 0 Å². The molecule has 0 saturated heterocycles. The Kier molecular flexibility index (Phi) is 3.66. The monoisotopic (exact) mass is 142 g/mol. The third kappa shape index (κ3) is 4.57. The van der Waals surface area contributed by atoms with Gasteiger partial charge in [0, 0.05) is 0 Å². The van der Waals surface area contributed by atoms with Crippen molar-refractivity contribution < 1.29 is 5.11 Å². The van der Waals surface area contributed by atoms with Crippen LogP contribution in [0.1, 0.15) is 33.6 Å². The van der Waals surface area contributed by atoms with Crippen LogP contribution in [-0.2, 0) is 0 Å². The number of hydrogen-bond acceptors (Lipinski definition) is 1. The van der Waals surface area contributed by atoms with Gasteiger partial charge in [0.2, 0.25) is 0 Å². The summed E-state index contributed by atoms with van der Waals surface area (Å²) >= 11 is 0. The lowest BCUT2D eigenvalue weighted by Crippen LogP contribution is -2.17. The Morgan fingerprint density at radius 2 is 2.10 bits per heavy atom. The van der Waals surface area contributed by atoms with Crippen LogP contribution >= 0.6 is 0 Å². The van der Waals surface area contributed by atoms with E-state index in [1.54, 1.807) is 0 Å². The molecule has 10 heavy (non-hydrogen) atoms. The van der Waals surface area contributed by atoms with Crippen LogP contribution in [0.25, 0.3) is 0 Å². The first-order valence-corrected chi connectivity index (χ1v) is 3.77. The molecule has 0 aliphatic rings. The largest absolute Gasteiger partial charge is 0.393 e. The molecule has 0 aromatic heterocycles. The average molecular weight is 142 g/mol. The van der Waals surface area contributed by atoms with E-state index in [-0.39, 0.29) is 11.5 Å². The van der Waals surface area contributed by atoms with Crippen LogP contribution in [0.5, 0.6) is 0 Å². The lowest BCUT2D eigenvalue weighted by atomic mass is 9.84. The summed E-state index contributed by atoms with van der Waals surface area (Å²) in [5.74, 6) is 0. The van der Waals surface area contributed by atoms with E-state index >= 15 is 0 Å². The van der Waals surface area contributed by atoms with Crippen molar-refractivity contribution in [2.75, 3.05) is 0 Å². The predicted octanol–water partition coefficient (Wildman–Crippen LogP) is 2.36. The normalized spacial score (nSPS) is 14.8. The van der Waals surface area contributed by atoms with Crippen LogP contribution in [-0.4, -0.2) is 11.2 Å². The second-order valence-corrected chi connectivity index (χ2v) is 3.71. The first kappa shape index (κ1) is 9.70. The van der Waals surface area contributed by atoms with Crippen LogP contribution in [0, 0.1) is 5.41 Å². The summed E-state index contributed by atoms with van der Waals surface area (Å²) in [4.78, 5) is 0. The first-order valence-electron chi connectivity index (χ1n) is 3.77. The van der Waals surface area contributed by atoms with E-state index in [1.807, 2.05) is 13.0 Å². The minimum Gasteiger partial charge on any atom is -0.393 e. The lowest BCUT2D eigenvalue weighted by molar-refractivity contribution is 0.131. The second kappa shape index (κ2) is 3.77. The highest BCUT2D eigenvalue weighted by molar-refractivity contribution is 4.80. The standard InChI is InChI=1S/C9H18O/c1-5-6-9(3,4)7-8(2)10/h5,8,10H,1,6-7H2,2-4H3. The van der Waals surface area contributed by atoms with Gasteiger partial charge < -0.3 is 5.11 Å². The van der Waals surface area contributed by atoms with Crippen LogP contribution in [0.2, 0.25) is 0 Å². The minimum absolute atomic E-state index is 0.199. The maximum atomic E-state index is 9.08. The first-order chi connectivity index (χ1) is 4.48. The van der Waals surface area contributed by atoms with E-state index in [1.165, 1.54) is 0 Å². The van der Waals surface area contributed by atoms with Gasteiger partial charge in [0.25, 0.3) is 0 Å². The lowest BCUT2D eigenvalue weighted by Gasteiger charge is -2.24. The zero-order chi connectivity index (χ0) is 8.20. The summed E-state index contributed by atoms with van der Waals surface area (Å²) in [5, 5.41) is 9.08. The highest BCUT2D eigenvalue weighted by Crippen LogP contribution is 2.26. The quantitative estimate of drug-likeness (QED) is 0.597. The van der Waals surface area contributed by atoms with Crippen LogP contribution in [0.3, 0.4) is 0 Å². The molecular weight excluding hydrogens is 124 g/mol. The Morgan fingerprint density at radius 1 is 1.60 bits per heavy atom. The van der Waals surface area contributed by atoms with Gasteiger partial charge in [-0.25, -0.2) is 0 Å². The molecule has 1 unspecified atom stereocenters. The van der Waals surface area contributed by atoms with Crippen molar-refractivity contribution in [1.29, 1.82) is 0 Å². The van der Waals surface area contributed by atoms with Gasteiger partial charge in [-0.15, -0.1) is 6.58 Å². The van der Waals surface area contributed by atoms with Crippen molar-refractivity contribution in [3.8, 4) is 0 Å². The number of aliphatic hydroxyl groups excluding tert-OH is 1. The topological polar surface area (TPSA) is 20.2 Å². The van der Waals surface area contributed by atoms with Crippen molar-refractivity contribution in [2.45, 2.75) is 39.7 Å². The van der Waals surface area contributed by atoms with Crippen LogP contribution < -0.4 is 0 Å². The summed E-state index contributed by atoms with van der Waals surface area (Å²) in [5.41, 5.74) is 0.204. The molecule has 0 aromatic carbocycles. The predicted molar refractivity (Wildman–Crippen MR) is 44.9 cm³/mol. The van der Waals surface area contributed by atoms with Gasteiger partial charge in [-0.3, -0.25) is 0 Å². The molecule has 0 bridgehead atoms. The Hall–Kier alpha value is -0.300. The summed E-state index contributed by atoms with van der Waals surface area (Å²) in [6.07, 6.45) is 3.52. The molecule has 1 nitrogen and oxygen atoms in total. The Bertz CT molecular complexity index is 103. The molecule has 1 atom stereocenters. The molecule has 0 saturated carbocycles. The van der Waals surface area contributed by atoms with Crippen molar-refractivity contribution in [3.05, 3.63) is 12.7 Å². The molecule has 1 N–H and O–H groups in total. The van der Waals surface area contributed by atoms with Gasteiger partial charge in [0.1, 0.15) is 0 Å². The molecule has 0 radical (unpaired) electrons. The van der Waals surface area contributed by atoms with Crippen LogP contribution in [0.15, 0.2) is 12.7 Å². The molecule has 0 fully saturated rings. The molecule has 0 aliphatic heterocycles. The van der Waals surface area contributed by atoms with Gasteiger partial charge in [-0.2, -0.15) is 0 Å². The SMILES string of the molecule is C=CCC(C)(C)CC(C)O. The molecule has 0 aromatic rings. The summed E-state index contributed by atoms with van der Waals surface area (Å²) in [6.45, 7) is 9.78. The molecular formula is C9H18O. The molecule has 1 heteroatoms. The fourth-order valence-electron chi connectivity index (χ4n) is 1.27. The van der Waals surface area contributed by atoms with Gasteiger partial charge >= 0.3 is 0 Å². The van der Waals surface area contributed by atoms with E-state index < -0.39 is 0 Å². The molecule has 0 heterocycles. The zero-order valence-corrected chi connectivity index (χ0v) is 7.22. The summed E-state index contributed by atoms with van der Waals surface area (Å²) < 4.78 is 0. The highest BCUT2D eigenvalue weighted by atomic mass is 16.3. The second-order valence-electron chi connectivity index (χ2n) is 3.71. The summed E-state index contributed by atoms with van der Waals surface area (Å²) in [6, 6.07) is 0. The van der Waals surface area contributed by atoms with Gasteiger partial charge in [0.05, 0.1) is 6.10 Å². The fourth-order valence-corrected chi connectivity index (χ4v) is 1.27. The number of hydrogen-bond donors (Lipinski definition) is 1. The third-order valence-electron chi connectivity index (χ3n) is 1.54. The average Bonchev–Trinajstić information content (AvgIpc) is 1.59. The van der Waals surface area contributed by atoms with Gasteiger partial charge in [0.15, 0.2) is 0 Å². The van der Waals surface area contributed by atoms with E-state index in [9.17, 15) is 0 Å². The van der Waals surface area contributed by atoms with Crippen molar-refractivity contribution in [1.82, 2.24) is 0 Å². The van der Waals surface area contributed by atoms with Gasteiger partial charge in [-0.1, -0.05) is 19.9 Å². The number of aliphatic hydroxyl groups is 1. The minimum atomic E-state index is -0.199. The zero-order valence-electron chi connectivity index (χ0n) is 7.22. The Morgan fingerprint density at radius 3 is 2.40 bits per heavy atom. The Labute approximate surface area is 63.8 Å². The third-order valence-corrected chi connectivity index (χ3v) is 1.54. The fraction of sp³-hybridized carbons (Fsp3) is 0.778. The number of allylic oxidation sites excluding steroid dienone is 1. The summed E-state index contributed by atoms with van der Waals surface area (Å²) in [7, 11) is 0. The van der Waals surface area contributed by atoms with Crippen molar-refractivity contribution in [3.63, 3.8) is 0 Å². The maximum absolute atomic E-state index is 9.08. The van der Waals surface area contributed by atoms with Crippen molar-refractivity contribution in [2.24, 2.45) is 5.41 Å². The van der Waals surface area contributed by atoms with E-state index in [0.717, 1.165) is 12.8 Å². The number of rotatable bonds is 4. The smallest absolute Gasteiger partial charge is 0.0517 e. The molecule has 0 aliphatic carbocycles. The maximum Gasteiger partial charge on any atom is 0.0517 e. The van der Waals surface area contributed by atoms with Gasteiger partial charge in [-0.05, 0) is 25.2 Å². The molecule has 0 amide bonds. The van der Waals surface area contributed by atoms with E-state index in [2.05, 4.69) is 20.4 Å². The Balaban J connectivity index is 3.73. The molecule has 0 spiro atoms. The highest BCUT2D eigenvalue weighted by Gasteiger charge is 2.17. The molecule has 60 valence electrons. The molecule has 0 rings (SSSR count). The van der Waals surface area contributed by atoms with Crippen LogP contribution in [0.4, 0.5) is 0 Å². The van der Waals surface area contributed by atoms with E-state index in [4.69, 9.17) is 5.11 Å².